The van der Waals surface area contributed by atoms with Gasteiger partial charge in [0.25, 0.3) is 5.78 Å². The van der Waals surface area contributed by atoms with Gasteiger partial charge in [-0.1, -0.05) is 52.3 Å². The van der Waals surface area contributed by atoms with Gasteiger partial charge >= 0.3 is 0 Å². The molecular weight excluding hydrogens is 386 g/mol. The Morgan fingerprint density at radius 3 is 2.68 bits per heavy atom. The van der Waals surface area contributed by atoms with Crippen LogP contribution in [0.3, 0.4) is 0 Å². The van der Waals surface area contributed by atoms with Gasteiger partial charge in [0, 0.05) is 17.3 Å². The zero-order valence-electron chi connectivity index (χ0n) is 13.7. The fourth-order valence-electron chi connectivity index (χ4n) is 2.81. The number of nitrogens with one attached hydrogen (secondary N) is 1. The SMILES string of the molecule is CC1(c2ccc3ccccc3c2)OC(NC(=O)CCCBr)=C(O)C1=O. The fourth-order valence-corrected chi connectivity index (χ4v) is 3.09. The van der Waals surface area contributed by atoms with Crippen molar-refractivity contribution in [2.45, 2.75) is 25.4 Å². The number of Topliss-reactive ketones (excluding diaryl/α,β-unsaturated/α-hetero) is 1. The van der Waals surface area contributed by atoms with E-state index < -0.39 is 17.1 Å². The number of fused-ring (bicyclic) bond motifs is 1. The number of hydrogen-bond donors (Lipinski definition) is 2. The van der Waals surface area contributed by atoms with E-state index in [0.717, 1.165) is 10.8 Å². The van der Waals surface area contributed by atoms with E-state index in [1.54, 1.807) is 13.0 Å². The van der Waals surface area contributed by atoms with Crippen molar-refractivity contribution in [1.82, 2.24) is 5.32 Å². The van der Waals surface area contributed by atoms with E-state index in [-0.39, 0.29) is 18.2 Å². The number of carbonyl (C=O) groups excluding carboxylic acids is 2. The van der Waals surface area contributed by atoms with Gasteiger partial charge in [0.05, 0.1) is 0 Å². The maximum atomic E-state index is 12.6. The Kier molecular flexibility index (Phi) is 4.81. The second kappa shape index (κ2) is 6.88. The van der Waals surface area contributed by atoms with E-state index in [1.807, 2.05) is 36.4 Å². The number of carbonyl (C=O) groups is 2. The lowest BCUT2D eigenvalue weighted by atomic mass is 9.90. The summed E-state index contributed by atoms with van der Waals surface area (Å²) in [4.78, 5) is 24.4. The number of alkyl halides is 1. The summed E-state index contributed by atoms with van der Waals surface area (Å²) in [6.07, 6.45) is 0.919. The van der Waals surface area contributed by atoms with Crippen molar-refractivity contribution < 1.29 is 19.4 Å². The summed E-state index contributed by atoms with van der Waals surface area (Å²) in [5.41, 5.74) is -0.751. The van der Waals surface area contributed by atoms with E-state index >= 15 is 0 Å². The first kappa shape index (κ1) is 17.5. The van der Waals surface area contributed by atoms with Crippen molar-refractivity contribution in [1.29, 1.82) is 0 Å². The highest BCUT2D eigenvalue weighted by Crippen LogP contribution is 2.38. The first-order valence-corrected chi connectivity index (χ1v) is 9.10. The summed E-state index contributed by atoms with van der Waals surface area (Å²) in [7, 11) is 0. The van der Waals surface area contributed by atoms with Gasteiger partial charge < -0.3 is 9.84 Å². The smallest absolute Gasteiger partial charge is 0.250 e. The zero-order valence-corrected chi connectivity index (χ0v) is 15.3. The van der Waals surface area contributed by atoms with E-state index in [4.69, 9.17) is 4.74 Å². The second-order valence-corrected chi connectivity index (χ2v) is 6.84. The molecule has 1 aliphatic heterocycles. The third-order valence-electron chi connectivity index (χ3n) is 4.26. The number of ketones is 1. The monoisotopic (exact) mass is 403 g/mol. The molecule has 1 amide bonds. The molecule has 1 atom stereocenters. The molecule has 0 bridgehead atoms. The highest BCUT2D eigenvalue weighted by atomic mass is 79.9. The third kappa shape index (κ3) is 3.26. The number of benzene rings is 2. The fraction of sp³-hybridized carbons (Fsp3) is 0.263. The van der Waals surface area contributed by atoms with E-state index in [9.17, 15) is 14.7 Å². The minimum Gasteiger partial charge on any atom is -0.501 e. The molecule has 0 radical (unpaired) electrons. The number of aliphatic hydroxyl groups is 1. The number of amides is 1. The molecule has 0 aliphatic carbocycles. The van der Waals surface area contributed by atoms with Crippen molar-refractivity contribution in [2.24, 2.45) is 0 Å². The van der Waals surface area contributed by atoms with Gasteiger partial charge in [0.15, 0.2) is 5.60 Å². The van der Waals surface area contributed by atoms with Gasteiger partial charge in [-0.25, -0.2) is 0 Å². The van der Waals surface area contributed by atoms with Crippen LogP contribution in [-0.2, 0) is 19.9 Å². The molecule has 1 unspecified atom stereocenters. The molecule has 2 aromatic carbocycles. The molecule has 2 N–H and O–H groups in total. The number of ether oxygens (including phenoxy) is 1. The number of hydrogen-bond acceptors (Lipinski definition) is 4. The van der Waals surface area contributed by atoms with Gasteiger partial charge in [0.1, 0.15) is 0 Å². The molecule has 25 heavy (non-hydrogen) atoms. The summed E-state index contributed by atoms with van der Waals surface area (Å²) >= 11 is 3.25. The molecule has 0 saturated heterocycles. The second-order valence-electron chi connectivity index (χ2n) is 6.04. The predicted octanol–water partition coefficient (Wildman–Crippen LogP) is 3.67. The first-order chi connectivity index (χ1) is 12.0. The van der Waals surface area contributed by atoms with Gasteiger partial charge in [-0.05, 0) is 30.2 Å². The average molecular weight is 404 g/mol. The van der Waals surface area contributed by atoms with Crippen molar-refractivity contribution in [2.75, 3.05) is 5.33 Å². The summed E-state index contributed by atoms with van der Waals surface area (Å²) in [6, 6.07) is 13.3. The average Bonchev–Trinajstić information content (AvgIpc) is 2.84. The summed E-state index contributed by atoms with van der Waals surface area (Å²) in [5.74, 6) is -1.61. The van der Waals surface area contributed by atoms with Crippen LogP contribution in [0.4, 0.5) is 0 Å². The van der Waals surface area contributed by atoms with Crippen molar-refractivity contribution in [3.05, 3.63) is 59.7 Å². The zero-order chi connectivity index (χ0) is 18.0. The van der Waals surface area contributed by atoms with E-state index in [1.165, 1.54) is 0 Å². The van der Waals surface area contributed by atoms with Crippen LogP contribution in [0.15, 0.2) is 54.1 Å². The summed E-state index contributed by atoms with van der Waals surface area (Å²) in [6.45, 7) is 1.59. The van der Waals surface area contributed by atoms with Crippen LogP contribution in [0.25, 0.3) is 10.8 Å². The topological polar surface area (TPSA) is 75.6 Å². The van der Waals surface area contributed by atoms with Crippen LogP contribution in [0, 0.1) is 0 Å². The molecule has 0 spiro atoms. The standard InChI is InChI=1S/C19H18BrNO4/c1-19(14-9-8-12-5-2-3-6-13(12)11-14)17(24)16(23)18(25-19)21-15(22)7-4-10-20/h2-3,5-6,8-9,11,23H,4,7,10H2,1H3,(H,21,22). The van der Waals surface area contributed by atoms with Gasteiger partial charge in [0.2, 0.25) is 17.5 Å². The summed E-state index contributed by atoms with van der Waals surface area (Å²) < 4.78 is 5.70. The highest BCUT2D eigenvalue weighted by Gasteiger charge is 2.48. The molecule has 5 nitrogen and oxygen atoms in total. The maximum Gasteiger partial charge on any atom is 0.250 e. The largest absolute Gasteiger partial charge is 0.501 e. The van der Waals surface area contributed by atoms with Crippen LogP contribution in [-0.4, -0.2) is 22.1 Å². The third-order valence-corrected chi connectivity index (χ3v) is 4.82. The van der Waals surface area contributed by atoms with Gasteiger partial charge in [-0.2, -0.15) is 0 Å². The molecular formula is C19H18BrNO4. The molecule has 0 saturated carbocycles. The number of rotatable bonds is 5. The van der Waals surface area contributed by atoms with E-state index in [0.29, 0.717) is 17.3 Å². The van der Waals surface area contributed by atoms with Crippen LogP contribution in [0.5, 0.6) is 0 Å². The minimum absolute atomic E-state index is 0.180. The van der Waals surface area contributed by atoms with Crippen LogP contribution >= 0.6 is 15.9 Å². The molecule has 2 aromatic rings. The lowest BCUT2D eigenvalue weighted by molar-refractivity contribution is -0.133. The van der Waals surface area contributed by atoms with E-state index in [2.05, 4.69) is 21.2 Å². The van der Waals surface area contributed by atoms with Crippen molar-refractivity contribution >= 4 is 38.4 Å². The first-order valence-electron chi connectivity index (χ1n) is 7.98. The highest BCUT2D eigenvalue weighted by molar-refractivity contribution is 9.09. The molecule has 0 aromatic heterocycles. The van der Waals surface area contributed by atoms with Gasteiger partial charge in [-0.15, -0.1) is 0 Å². The maximum absolute atomic E-state index is 12.6. The predicted molar refractivity (Wildman–Crippen MR) is 98.2 cm³/mol. The molecule has 1 aliphatic rings. The lowest BCUT2D eigenvalue weighted by Gasteiger charge is -2.24. The summed E-state index contributed by atoms with van der Waals surface area (Å²) in [5, 5.41) is 15.3. The quantitative estimate of drug-likeness (QED) is 0.746. The molecule has 3 rings (SSSR count). The Balaban J connectivity index is 1.87. The Morgan fingerprint density at radius 1 is 1.24 bits per heavy atom. The molecule has 1 heterocycles. The Morgan fingerprint density at radius 2 is 1.96 bits per heavy atom. The Labute approximate surface area is 153 Å². The molecule has 6 heteroatoms. The molecule has 0 fully saturated rings. The van der Waals surface area contributed by atoms with Crippen LogP contribution in [0.2, 0.25) is 0 Å². The van der Waals surface area contributed by atoms with Crippen LogP contribution in [0.1, 0.15) is 25.3 Å². The van der Waals surface area contributed by atoms with Crippen molar-refractivity contribution in [3.8, 4) is 0 Å². The number of halogens is 1. The number of aliphatic hydroxyl groups excluding tert-OH is 1. The van der Waals surface area contributed by atoms with Gasteiger partial charge in [-0.3, -0.25) is 14.9 Å². The normalized spacial score (nSPS) is 20.0. The molecule has 130 valence electrons. The Hall–Kier alpha value is -2.34. The lowest BCUT2D eigenvalue weighted by Crippen LogP contribution is -2.32. The Bertz CT molecular complexity index is 877. The van der Waals surface area contributed by atoms with Crippen molar-refractivity contribution in [3.63, 3.8) is 0 Å². The van der Waals surface area contributed by atoms with Crippen LogP contribution < -0.4 is 5.32 Å². The minimum atomic E-state index is -1.37.